The fourth-order valence-electron chi connectivity index (χ4n) is 2.98. The van der Waals surface area contributed by atoms with Crippen molar-refractivity contribution >= 4 is 35.0 Å². The van der Waals surface area contributed by atoms with Crippen LogP contribution in [-0.2, 0) is 4.79 Å². The second-order valence-electron chi connectivity index (χ2n) is 6.74. The largest absolute Gasteiger partial charge is 0.469 e. The molecule has 4 rings (SSSR count). The van der Waals surface area contributed by atoms with Gasteiger partial charge in [-0.15, -0.1) is 10.2 Å². The molecule has 1 N–H and O–H groups in total. The molecule has 0 aliphatic carbocycles. The monoisotopic (exact) mass is 456 g/mol. The van der Waals surface area contributed by atoms with Crippen molar-refractivity contribution < 1.29 is 13.6 Å². The molecule has 4 aromatic rings. The number of aromatic nitrogens is 3. The van der Waals surface area contributed by atoms with Gasteiger partial charge in [-0.05, 0) is 50.2 Å². The van der Waals surface area contributed by atoms with Gasteiger partial charge in [-0.25, -0.2) is 4.39 Å². The average Bonchev–Trinajstić information content (AvgIpc) is 3.36. The Morgan fingerprint density at radius 2 is 1.97 bits per heavy atom. The number of rotatable bonds is 6. The number of hydrogen-bond donors (Lipinski definition) is 1. The van der Waals surface area contributed by atoms with Crippen molar-refractivity contribution in [1.82, 2.24) is 14.8 Å². The van der Waals surface area contributed by atoms with E-state index in [1.807, 2.05) is 47.9 Å². The van der Waals surface area contributed by atoms with Crippen molar-refractivity contribution in [3.63, 3.8) is 0 Å². The highest BCUT2D eigenvalue weighted by molar-refractivity contribution is 8.00. The molecule has 158 valence electrons. The third-order valence-corrected chi connectivity index (χ3v) is 5.94. The number of nitrogens with zero attached hydrogens (tertiary/aromatic N) is 3. The topological polar surface area (TPSA) is 72.9 Å². The van der Waals surface area contributed by atoms with E-state index >= 15 is 0 Å². The minimum absolute atomic E-state index is 0.135. The van der Waals surface area contributed by atoms with Crippen LogP contribution in [-0.4, -0.2) is 25.9 Å². The van der Waals surface area contributed by atoms with Gasteiger partial charge in [0.05, 0.1) is 27.8 Å². The minimum Gasteiger partial charge on any atom is -0.469 e. The number of benzene rings is 2. The molecular weight excluding hydrogens is 439 g/mol. The maximum atomic E-state index is 13.3. The lowest BCUT2D eigenvalue weighted by molar-refractivity contribution is -0.115. The van der Waals surface area contributed by atoms with E-state index in [-0.39, 0.29) is 10.9 Å². The second kappa shape index (κ2) is 8.95. The highest BCUT2D eigenvalue weighted by Gasteiger charge is 2.23. The molecule has 31 heavy (non-hydrogen) atoms. The van der Waals surface area contributed by atoms with Gasteiger partial charge in [0.25, 0.3) is 0 Å². The summed E-state index contributed by atoms with van der Waals surface area (Å²) in [6.07, 6.45) is 1.60. The van der Waals surface area contributed by atoms with E-state index in [1.165, 1.54) is 23.9 Å². The summed E-state index contributed by atoms with van der Waals surface area (Å²) in [7, 11) is 0. The van der Waals surface area contributed by atoms with Crippen LogP contribution in [0.3, 0.4) is 0 Å². The van der Waals surface area contributed by atoms with Crippen LogP contribution in [0.5, 0.6) is 0 Å². The molecule has 0 bridgehead atoms. The Labute approximate surface area is 187 Å². The molecule has 0 aliphatic heterocycles. The van der Waals surface area contributed by atoms with E-state index in [0.29, 0.717) is 16.7 Å². The number of carbonyl (C=O) groups is 1. The lowest BCUT2D eigenvalue weighted by atomic mass is 10.2. The Balaban J connectivity index is 1.63. The predicted molar refractivity (Wildman–Crippen MR) is 119 cm³/mol. The SMILES string of the molecule is Cc1occc1-c1nnc(S[C@H](C)C(=O)Nc2ccc(F)cc2Cl)n1-c1ccccc1. The zero-order valence-corrected chi connectivity index (χ0v) is 18.2. The first-order valence-electron chi connectivity index (χ1n) is 9.42. The zero-order valence-electron chi connectivity index (χ0n) is 16.7. The van der Waals surface area contributed by atoms with Gasteiger partial charge < -0.3 is 9.73 Å². The molecular formula is C22H18ClFN4O2S. The normalized spacial score (nSPS) is 12.0. The fourth-order valence-corrected chi connectivity index (χ4v) is 4.07. The quantitative estimate of drug-likeness (QED) is 0.374. The lowest BCUT2D eigenvalue weighted by Gasteiger charge is -2.14. The summed E-state index contributed by atoms with van der Waals surface area (Å²) in [6.45, 7) is 3.61. The van der Waals surface area contributed by atoms with Crippen molar-refractivity contribution in [1.29, 1.82) is 0 Å². The van der Waals surface area contributed by atoms with Crippen molar-refractivity contribution in [2.75, 3.05) is 5.32 Å². The van der Waals surface area contributed by atoms with Crippen LogP contribution in [0.15, 0.2) is 70.4 Å². The highest BCUT2D eigenvalue weighted by atomic mass is 35.5. The molecule has 2 heterocycles. The minimum atomic E-state index is -0.522. The maximum Gasteiger partial charge on any atom is 0.237 e. The van der Waals surface area contributed by atoms with E-state index in [9.17, 15) is 9.18 Å². The van der Waals surface area contributed by atoms with Crippen molar-refractivity contribution in [2.24, 2.45) is 0 Å². The van der Waals surface area contributed by atoms with Gasteiger partial charge in [-0.3, -0.25) is 9.36 Å². The Kier molecular flexibility index (Phi) is 6.11. The van der Waals surface area contributed by atoms with Crippen molar-refractivity contribution in [3.8, 4) is 17.1 Å². The molecule has 0 saturated heterocycles. The van der Waals surface area contributed by atoms with E-state index < -0.39 is 11.1 Å². The number of anilines is 1. The molecule has 6 nitrogen and oxygen atoms in total. The van der Waals surface area contributed by atoms with E-state index in [4.69, 9.17) is 16.0 Å². The summed E-state index contributed by atoms with van der Waals surface area (Å²) >= 11 is 7.28. The van der Waals surface area contributed by atoms with Crippen LogP contribution in [0.25, 0.3) is 17.1 Å². The van der Waals surface area contributed by atoms with Crippen LogP contribution in [0, 0.1) is 12.7 Å². The van der Waals surface area contributed by atoms with Crippen molar-refractivity contribution in [3.05, 3.63) is 77.5 Å². The lowest BCUT2D eigenvalue weighted by Crippen LogP contribution is -2.23. The van der Waals surface area contributed by atoms with E-state index in [1.54, 1.807) is 13.2 Å². The van der Waals surface area contributed by atoms with Crippen LogP contribution < -0.4 is 5.32 Å². The van der Waals surface area contributed by atoms with Crippen LogP contribution >= 0.6 is 23.4 Å². The Hall–Kier alpha value is -3.10. The molecule has 9 heteroatoms. The summed E-state index contributed by atoms with van der Waals surface area (Å²) in [5.74, 6) is 0.581. The van der Waals surface area contributed by atoms with Gasteiger partial charge in [0.15, 0.2) is 11.0 Å². The van der Waals surface area contributed by atoms with Crippen molar-refractivity contribution in [2.45, 2.75) is 24.3 Å². The highest BCUT2D eigenvalue weighted by Crippen LogP contribution is 2.32. The van der Waals surface area contributed by atoms with Gasteiger partial charge in [0.2, 0.25) is 5.91 Å². The van der Waals surface area contributed by atoms with Gasteiger partial charge in [0, 0.05) is 5.69 Å². The zero-order chi connectivity index (χ0) is 22.0. The molecule has 0 radical (unpaired) electrons. The molecule has 1 amide bonds. The number of furan rings is 1. The Morgan fingerprint density at radius 1 is 1.19 bits per heavy atom. The standard InChI is InChI=1S/C22H18ClFN4O2S/c1-13-17(10-11-30-13)20-26-27-22(28(20)16-6-4-3-5-7-16)31-14(2)21(29)25-19-9-8-15(24)12-18(19)23/h3-12,14H,1-2H3,(H,25,29)/t14-/m1/s1. The number of aryl methyl sites for hydroxylation is 1. The number of amides is 1. The number of halogens is 2. The van der Waals surface area contributed by atoms with Crippen LogP contribution in [0.4, 0.5) is 10.1 Å². The Morgan fingerprint density at radius 3 is 2.65 bits per heavy atom. The molecule has 0 spiro atoms. The summed E-state index contributed by atoms with van der Waals surface area (Å²) in [6, 6.07) is 15.3. The summed E-state index contributed by atoms with van der Waals surface area (Å²) < 4.78 is 20.6. The molecule has 0 fully saturated rings. The number of thioether (sulfide) groups is 1. The van der Waals surface area contributed by atoms with Gasteiger partial charge in [0.1, 0.15) is 11.6 Å². The third kappa shape index (κ3) is 4.50. The maximum absolute atomic E-state index is 13.3. The second-order valence-corrected chi connectivity index (χ2v) is 8.46. The molecule has 2 aromatic heterocycles. The fraction of sp³-hybridized carbons (Fsp3) is 0.136. The number of para-hydroxylation sites is 1. The van der Waals surface area contributed by atoms with Gasteiger partial charge in [-0.1, -0.05) is 41.6 Å². The first-order valence-corrected chi connectivity index (χ1v) is 10.7. The third-order valence-electron chi connectivity index (χ3n) is 4.59. The summed E-state index contributed by atoms with van der Waals surface area (Å²) in [5.41, 5.74) is 2.03. The molecule has 2 aromatic carbocycles. The van der Waals surface area contributed by atoms with Crippen LogP contribution in [0.1, 0.15) is 12.7 Å². The smallest absolute Gasteiger partial charge is 0.237 e. The number of nitrogens with one attached hydrogen (secondary N) is 1. The first kappa shape index (κ1) is 21.1. The summed E-state index contributed by atoms with van der Waals surface area (Å²) in [4.78, 5) is 12.7. The number of hydrogen-bond acceptors (Lipinski definition) is 5. The average molecular weight is 457 g/mol. The molecule has 0 unspecified atom stereocenters. The predicted octanol–water partition coefficient (Wildman–Crippen LogP) is 5.75. The first-order chi connectivity index (χ1) is 14.9. The molecule has 0 saturated carbocycles. The van der Waals surface area contributed by atoms with E-state index in [2.05, 4.69) is 15.5 Å². The number of carbonyl (C=O) groups excluding carboxylic acids is 1. The van der Waals surface area contributed by atoms with Gasteiger partial charge >= 0.3 is 0 Å². The van der Waals surface area contributed by atoms with Crippen LogP contribution in [0.2, 0.25) is 5.02 Å². The summed E-state index contributed by atoms with van der Waals surface area (Å²) in [5, 5.41) is 11.6. The van der Waals surface area contributed by atoms with E-state index in [0.717, 1.165) is 23.1 Å². The van der Waals surface area contributed by atoms with Gasteiger partial charge in [-0.2, -0.15) is 0 Å². The molecule has 0 aliphatic rings. The molecule has 1 atom stereocenters. The Bertz CT molecular complexity index is 1230.